The Kier molecular flexibility index (Phi) is 6.36. The standard InChI is InChI=1S/C25H23N3O4/c1-29-21-13-19(14-22(30-2)25(21)31-3)27-23-15-26-16-24(28-23)32-20-11-9-18(10-12-20)17-7-5-4-6-8-17/h4-16H,1-3H3,(H,27,28). The maximum atomic E-state index is 5.89. The molecular formula is C25H23N3O4. The summed E-state index contributed by atoms with van der Waals surface area (Å²) in [6, 6.07) is 21.6. The minimum Gasteiger partial charge on any atom is -0.493 e. The quantitative estimate of drug-likeness (QED) is 0.385. The van der Waals surface area contributed by atoms with Crippen LogP contribution >= 0.6 is 0 Å². The van der Waals surface area contributed by atoms with Crippen LogP contribution in [0.1, 0.15) is 0 Å². The SMILES string of the molecule is COc1cc(Nc2cncc(Oc3ccc(-c4ccccc4)cc3)n2)cc(OC)c1OC. The highest BCUT2D eigenvalue weighted by Gasteiger charge is 2.14. The molecule has 4 rings (SSSR count). The number of aromatic nitrogens is 2. The van der Waals surface area contributed by atoms with Gasteiger partial charge in [-0.15, -0.1) is 0 Å². The van der Waals surface area contributed by atoms with Gasteiger partial charge in [-0.3, -0.25) is 4.98 Å². The van der Waals surface area contributed by atoms with E-state index in [0.717, 1.165) is 11.1 Å². The molecule has 0 radical (unpaired) electrons. The van der Waals surface area contributed by atoms with E-state index in [-0.39, 0.29) is 0 Å². The van der Waals surface area contributed by atoms with Gasteiger partial charge in [-0.25, -0.2) is 0 Å². The fourth-order valence-electron chi connectivity index (χ4n) is 3.23. The predicted molar refractivity (Wildman–Crippen MR) is 123 cm³/mol. The molecule has 1 N–H and O–H groups in total. The van der Waals surface area contributed by atoms with Gasteiger partial charge in [-0.05, 0) is 23.3 Å². The average molecular weight is 429 g/mol. The van der Waals surface area contributed by atoms with Crippen molar-refractivity contribution in [1.29, 1.82) is 0 Å². The zero-order valence-corrected chi connectivity index (χ0v) is 18.0. The molecule has 0 amide bonds. The summed E-state index contributed by atoms with van der Waals surface area (Å²) in [5, 5.41) is 3.19. The zero-order valence-electron chi connectivity index (χ0n) is 18.0. The first-order valence-corrected chi connectivity index (χ1v) is 9.92. The maximum Gasteiger partial charge on any atom is 0.239 e. The van der Waals surface area contributed by atoms with Gasteiger partial charge in [0.25, 0.3) is 0 Å². The van der Waals surface area contributed by atoms with E-state index in [1.54, 1.807) is 45.9 Å². The lowest BCUT2D eigenvalue weighted by molar-refractivity contribution is 0.324. The van der Waals surface area contributed by atoms with E-state index in [9.17, 15) is 0 Å². The summed E-state index contributed by atoms with van der Waals surface area (Å²) < 4.78 is 22.0. The van der Waals surface area contributed by atoms with Crippen LogP contribution in [0.2, 0.25) is 0 Å². The van der Waals surface area contributed by atoms with E-state index in [4.69, 9.17) is 18.9 Å². The second-order valence-corrected chi connectivity index (χ2v) is 6.77. The first-order chi connectivity index (χ1) is 15.7. The smallest absolute Gasteiger partial charge is 0.239 e. The highest BCUT2D eigenvalue weighted by molar-refractivity contribution is 5.67. The number of benzene rings is 3. The summed E-state index contributed by atoms with van der Waals surface area (Å²) in [4.78, 5) is 8.71. The highest BCUT2D eigenvalue weighted by atomic mass is 16.5. The lowest BCUT2D eigenvalue weighted by Crippen LogP contribution is -2.00. The molecule has 0 spiro atoms. The number of rotatable bonds is 8. The van der Waals surface area contributed by atoms with Crippen molar-refractivity contribution in [2.75, 3.05) is 26.6 Å². The Labute approximate surface area is 186 Å². The second kappa shape index (κ2) is 9.70. The summed E-state index contributed by atoms with van der Waals surface area (Å²) in [7, 11) is 4.70. The van der Waals surface area contributed by atoms with E-state index in [1.807, 2.05) is 42.5 Å². The third kappa shape index (κ3) is 4.73. The van der Waals surface area contributed by atoms with Crippen molar-refractivity contribution in [3.05, 3.63) is 79.1 Å². The molecule has 1 heterocycles. The lowest BCUT2D eigenvalue weighted by atomic mass is 10.1. The number of hydrogen-bond acceptors (Lipinski definition) is 7. The Morgan fingerprint density at radius 2 is 1.38 bits per heavy atom. The monoisotopic (exact) mass is 429 g/mol. The molecule has 1 aromatic heterocycles. The van der Waals surface area contributed by atoms with E-state index < -0.39 is 0 Å². The van der Waals surface area contributed by atoms with Gasteiger partial charge in [-0.1, -0.05) is 42.5 Å². The molecule has 0 aliphatic rings. The molecule has 0 aliphatic carbocycles. The van der Waals surface area contributed by atoms with Crippen LogP contribution in [0.3, 0.4) is 0 Å². The predicted octanol–water partition coefficient (Wildman–Crippen LogP) is 5.71. The number of nitrogens with one attached hydrogen (secondary N) is 1. The van der Waals surface area contributed by atoms with Crippen LogP contribution in [0.4, 0.5) is 11.5 Å². The van der Waals surface area contributed by atoms with Crippen molar-refractivity contribution in [3.63, 3.8) is 0 Å². The minimum atomic E-state index is 0.370. The van der Waals surface area contributed by atoms with Crippen molar-refractivity contribution < 1.29 is 18.9 Å². The molecule has 0 aliphatic heterocycles. The van der Waals surface area contributed by atoms with Crippen molar-refractivity contribution >= 4 is 11.5 Å². The third-order valence-corrected chi connectivity index (χ3v) is 4.73. The number of methoxy groups -OCH3 is 3. The molecular weight excluding hydrogens is 406 g/mol. The molecule has 32 heavy (non-hydrogen) atoms. The molecule has 0 saturated heterocycles. The van der Waals surface area contributed by atoms with Crippen LogP contribution in [-0.4, -0.2) is 31.3 Å². The molecule has 7 heteroatoms. The summed E-state index contributed by atoms with van der Waals surface area (Å²) >= 11 is 0. The van der Waals surface area contributed by atoms with E-state index >= 15 is 0 Å². The normalized spacial score (nSPS) is 10.3. The van der Waals surface area contributed by atoms with Gasteiger partial charge in [0.15, 0.2) is 17.3 Å². The van der Waals surface area contributed by atoms with Gasteiger partial charge >= 0.3 is 0 Å². The number of anilines is 2. The van der Waals surface area contributed by atoms with Gasteiger partial charge in [0.1, 0.15) is 5.75 Å². The first-order valence-electron chi connectivity index (χ1n) is 9.92. The van der Waals surface area contributed by atoms with Crippen LogP contribution in [0.5, 0.6) is 28.9 Å². The van der Waals surface area contributed by atoms with Gasteiger partial charge in [-0.2, -0.15) is 4.98 Å². The molecule has 0 saturated carbocycles. The van der Waals surface area contributed by atoms with Crippen LogP contribution in [-0.2, 0) is 0 Å². The molecule has 4 aromatic rings. The minimum absolute atomic E-state index is 0.370. The summed E-state index contributed by atoms with van der Waals surface area (Å²) in [6.45, 7) is 0. The van der Waals surface area contributed by atoms with Crippen molar-refractivity contribution in [2.45, 2.75) is 0 Å². The van der Waals surface area contributed by atoms with E-state index in [2.05, 4.69) is 27.4 Å². The largest absolute Gasteiger partial charge is 0.493 e. The van der Waals surface area contributed by atoms with Crippen LogP contribution < -0.4 is 24.3 Å². The van der Waals surface area contributed by atoms with E-state index in [0.29, 0.717) is 40.4 Å². The Morgan fingerprint density at radius 3 is 2.00 bits per heavy atom. The number of nitrogens with zero attached hydrogens (tertiary/aromatic N) is 2. The molecule has 0 bridgehead atoms. The molecule has 0 unspecified atom stereocenters. The number of hydrogen-bond donors (Lipinski definition) is 1. The van der Waals surface area contributed by atoms with E-state index in [1.165, 1.54) is 0 Å². The molecule has 7 nitrogen and oxygen atoms in total. The maximum absolute atomic E-state index is 5.89. The van der Waals surface area contributed by atoms with Gasteiger partial charge in [0, 0.05) is 17.8 Å². The zero-order chi connectivity index (χ0) is 22.3. The fraction of sp³-hybridized carbons (Fsp3) is 0.120. The Bertz CT molecular complexity index is 1160. The highest BCUT2D eigenvalue weighted by Crippen LogP contribution is 2.40. The molecule has 3 aromatic carbocycles. The topological polar surface area (TPSA) is 74.7 Å². The second-order valence-electron chi connectivity index (χ2n) is 6.77. The van der Waals surface area contributed by atoms with Crippen molar-refractivity contribution in [3.8, 4) is 40.0 Å². The average Bonchev–Trinajstić information content (AvgIpc) is 2.84. The van der Waals surface area contributed by atoms with Crippen LogP contribution in [0, 0.1) is 0 Å². The Morgan fingerprint density at radius 1 is 0.719 bits per heavy atom. The fourth-order valence-corrected chi connectivity index (χ4v) is 3.23. The number of ether oxygens (including phenoxy) is 4. The van der Waals surface area contributed by atoms with Crippen molar-refractivity contribution in [1.82, 2.24) is 9.97 Å². The summed E-state index contributed by atoms with van der Waals surface area (Å²) in [5.41, 5.74) is 2.97. The Balaban J connectivity index is 1.51. The molecule has 162 valence electrons. The van der Waals surface area contributed by atoms with Gasteiger partial charge in [0.2, 0.25) is 11.6 Å². The molecule has 0 atom stereocenters. The van der Waals surface area contributed by atoms with Gasteiger partial charge < -0.3 is 24.3 Å². The Hall–Kier alpha value is -4.26. The first kappa shape index (κ1) is 21.0. The van der Waals surface area contributed by atoms with Crippen molar-refractivity contribution in [2.24, 2.45) is 0 Å². The molecule has 0 fully saturated rings. The third-order valence-electron chi connectivity index (χ3n) is 4.73. The summed E-state index contributed by atoms with van der Waals surface area (Å²) in [5.74, 6) is 3.14. The van der Waals surface area contributed by atoms with Crippen LogP contribution in [0.15, 0.2) is 79.1 Å². The summed E-state index contributed by atoms with van der Waals surface area (Å²) in [6.07, 6.45) is 3.17. The lowest BCUT2D eigenvalue weighted by Gasteiger charge is -2.15. The van der Waals surface area contributed by atoms with Crippen LogP contribution in [0.25, 0.3) is 11.1 Å². The van der Waals surface area contributed by atoms with Gasteiger partial charge in [0.05, 0.1) is 33.7 Å².